The van der Waals surface area contributed by atoms with Crippen LogP contribution in [0.5, 0.6) is 0 Å². The summed E-state index contributed by atoms with van der Waals surface area (Å²) in [5, 5.41) is 3.62. The lowest BCUT2D eigenvalue weighted by Crippen LogP contribution is -2.44. The van der Waals surface area contributed by atoms with E-state index >= 15 is 0 Å². The summed E-state index contributed by atoms with van der Waals surface area (Å²) in [4.78, 5) is 0. The zero-order chi connectivity index (χ0) is 14.6. The predicted octanol–water partition coefficient (Wildman–Crippen LogP) is 1.93. The number of anilines is 1. The molecular weight excluding hydrogens is 298 g/mol. The van der Waals surface area contributed by atoms with Crippen molar-refractivity contribution in [2.24, 2.45) is 5.92 Å². The summed E-state index contributed by atoms with van der Waals surface area (Å²) < 4.78 is 28.8. The van der Waals surface area contributed by atoms with E-state index in [1.807, 2.05) is 7.05 Å². The summed E-state index contributed by atoms with van der Waals surface area (Å²) in [6.07, 6.45) is 1.95. The lowest BCUT2D eigenvalue weighted by Gasteiger charge is -2.31. The molecule has 1 unspecified atom stereocenters. The summed E-state index contributed by atoms with van der Waals surface area (Å²) in [5.74, 6) is 0.365. The third-order valence-electron chi connectivity index (χ3n) is 3.39. The van der Waals surface area contributed by atoms with Gasteiger partial charge in [-0.25, -0.2) is 0 Å². The Kier molecular flexibility index (Phi) is 5.26. The van der Waals surface area contributed by atoms with E-state index in [1.165, 1.54) is 4.31 Å². The number of benzene rings is 1. The average molecular weight is 318 g/mol. The first-order valence-electron chi connectivity index (χ1n) is 6.69. The quantitative estimate of drug-likeness (QED) is 0.872. The van der Waals surface area contributed by atoms with Crippen molar-refractivity contribution >= 4 is 27.5 Å². The molecule has 0 amide bonds. The molecule has 2 rings (SSSR count). The highest BCUT2D eigenvalue weighted by Crippen LogP contribution is 2.21. The van der Waals surface area contributed by atoms with Gasteiger partial charge in [-0.05, 0) is 50.6 Å². The second-order valence-electron chi connectivity index (χ2n) is 5.04. The van der Waals surface area contributed by atoms with Crippen LogP contribution in [0.2, 0.25) is 5.02 Å². The second-order valence-corrected chi connectivity index (χ2v) is 7.15. The van der Waals surface area contributed by atoms with Gasteiger partial charge in [0, 0.05) is 18.1 Å². The van der Waals surface area contributed by atoms with E-state index in [9.17, 15) is 8.42 Å². The van der Waals surface area contributed by atoms with Gasteiger partial charge in [0.05, 0.1) is 5.69 Å². The van der Waals surface area contributed by atoms with Gasteiger partial charge in [-0.15, -0.1) is 0 Å². The Morgan fingerprint density at radius 3 is 2.95 bits per heavy atom. The number of rotatable bonds is 5. The first-order chi connectivity index (χ1) is 9.51. The molecule has 1 fully saturated rings. The van der Waals surface area contributed by atoms with Gasteiger partial charge < -0.3 is 5.32 Å². The fourth-order valence-corrected chi connectivity index (χ4v) is 3.99. The van der Waals surface area contributed by atoms with Crippen molar-refractivity contribution in [2.75, 3.05) is 31.4 Å². The highest BCUT2D eigenvalue weighted by molar-refractivity contribution is 7.90. The Hall–Kier alpha value is -0.820. The van der Waals surface area contributed by atoms with Gasteiger partial charge in [0.15, 0.2) is 0 Å². The molecule has 0 aromatic heterocycles. The maximum Gasteiger partial charge on any atom is 0.301 e. The van der Waals surface area contributed by atoms with Gasteiger partial charge in [-0.1, -0.05) is 17.7 Å². The Morgan fingerprint density at radius 1 is 1.45 bits per heavy atom. The van der Waals surface area contributed by atoms with Crippen LogP contribution in [0.25, 0.3) is 0 Å². The lowest BCUT2D eigenvalue weighted by atomic mass is 10.00. The van der Waals surface area contributed by atoms with Crippen molar-refractivity contribution < 1.29 is 8.42 Å². The lowest BCUT2D eigenvalue weighted by molar-refractivity contribution is 0.264. The monoisotopic (exact) mass is 317 g/mol. The van der Waals surface area contributed by atoms with Crippen LogP contribution in [0.1, 0.15) is 12.8 Å². The molecule has 1 aliphatic rings. The van der Waals surface area contributed by atoms with E-state index in [0.29, 0.717) is 29.7 Å². The van der Waals surface area contributed by atoms with Crippen LogP contribution in [0.15, 0.2) is 24.3 Å². The molecule has 0 radical (unpaired) electrons. The maximum atomic E-state index is 12.4. The van der Waals surface area contributed by atoms with Crippen LogP contribution in [-0.2, 0) is 10.2 Å². The van der Waals surface area contributed by atoms with Gasteiger partial charge in [0.2, 0.25) is 0 Å². The standard InChI is InChI=1S/C13H20ClN3O2S/c1-15-9-11-4-3-7-17(10-11)20(18,19)16-13-6-2-5-12(14)8-13/h2,5-6,8,11,15-16H,3-4,7,9-10H2,1H3. The number of hydrogen-bond donors (Lipinski definition) is 2. The molecule has 1 aromatic rings. The van der Waals surface area contributed by atoms with Crippen LogP contribution in [-0.4, -0.2) is 39.4 Å². The molecule has 1 heterocycles. The molecule has 0 saturated carbocycles. The molecule has 5 nitrogen and oxygen atoms in total. The molecule has 0 bridgehead atoms. The minimum atomic E-state index is -3.51. The zero-order valence-electron chi connectivity index (χ0n) is 11.5. The van der Waals surface area contributed by atoms with E-state index in [4.69, 9.17) is 11.6 Å². The Balaban J connectivity index is 2.06. The van der Waals surface area contributed by atoms with Crippen LogP contribution in [0.3, 0.4) is 0 Å². The predicted molar refractivity (Wildman–Crippen MR) is 82.2 cm³/mol. The first-order valence-corrected chi connectivity index (χ1v) is 8.51. The fourth-order valence-electron chi connectivity index (χ4n) is 2.47. The second kappa shape index (κ2) is 6.76. The topological polar surface area (TPSA) is 61.4 Å². The number of nitrogens with one attached hydrogen (secondary N) is 2. The minimum absolute atomic E-state index is 0.365. The van der Waals surface area contributed by atoms with E-state index < -0.39 is 10.2 Å². The third-order valence-corrected chi connectivity index (χ3v) is 5.13. The van der Waals surface area contributed by atoms with Crippen LogP contribution >= 0.6 is 11.6 Å². The highest BCUT2D eigenvalue weighted by Gasteiger charge is 2.28. The van der Waals surface area contributed by atoms with Crippen LogP contribution in [0.4, 0.5) is 5.69 Å². The average Bonchev–Trinajstić information content (AvgIpc) is 2.39. The summed E-state index contributed by atoms with van der Waals surface area (Å²) in [6, 6.07) is 6.73. The van der Waals surface area contributed by atoms with E-state index in [-0.39, 0.29) is 0 Å². The smallest absolute Gasteiger partial charge is 0.301 e. The summed E-state index contributed by atoms with van der Waals surface area (Å²) in [5.41, 5.74) is 0.494. The molecular formula is C13H20ClN3O2S. The minimum Gasteiger partial charge on any atom is -0.319 e. The van der Waals surface area contributed by atoms with Crippen LogP contribution in [0, 0.1) is 5.92 Å². The molecule has 2 N–H and O–H groups in total. The summed E-state index contributed by atoms with van der Waals surface area (Å²) >= 11 is 5.87. The SMILES string of the molecule is CNCC1CCCN(S(=O)(=O)Nc2cccc(Cl)c2)C1. The van der Waals surface area contributed by atoms with E-state index in [0.717, 1.165) is 19.4 Å². The molecule has 1 aromatic carbocycles. The number of hydrogen-bond acceptors (Lipinski definition) is 3. The number of halogens is 1. The Morgan fingerprint density at radius 2 is 2.25 bits per heavy atom. The van der Waals surface area contributed by atoms with Gasteiger partial charge >= 0.3 is 10.2 Å². The number of piperidine rings is 1. The molecule has 0 aliphatic carbocycles. The normalized spacial score (nSPS) is 20.8. The van der Waals surface area contributed by atoms with Gasteiger partial charge in [-0.3, -0.25) is 4.72 Å². The number of nitrogens with zero attached hydrogens (tertiary/aromatic N) is 1. The first kappa shape index (κ1) is 15.6. The molecule has 1 atom stereocenters. The van der Waals surface area contributed by atoms with Gasteiger partial charge in [0.25, 0.3) is 0 Å². The van der Waals surface area contributed by atoms with Crippen molar-refractivity contribution in [3.63, 3.8) is 0 Å². The molecule has 0 spiro atoms. The van der Waals surface area contributed by atoms with E-state index in [2.05, 4.69) is 10.0 Å². The Labute approximate surface area is 125 Å². The maximum absolute atomic E-state index is 12.4. The van der Waals surface area contributed by atoms with Crippen LogP contribution < -0.4 is 10.0 Å². The van der Waals surface area contributed by atoms with Crippen molar-refractivity contribution in [2.45, 2.75) is 12.8 Å². The Bertz CT molecular complexity index is 548. The molecule has 1 saturated heterocycles. The van der Waals surface area contributed by atoms with Gasteiger partial charge in [0.1, 0.15) is 0 Å². The zero-order valence-corrected chi connectivity index (χ0v) is 13.0. The highest BCUT2D eigenvalue weighted by atomic mass is 35.5. The largest absolute Gasteiger partial charge is 0.319 e. The molecule has 112 valence electrons. The van der Waals surface area contributed by atoms with Crippen molar-refractivity contribution in [3.05, 3.63) is 29.3 Å². The van der Waals surface area contributed by atoms with Crippen molar-refractivity contribution in [1.82, 2.24) is 9.62 Å². The third kappa shape index (κ3) is 4.09. The molecule has 1 aliphatic heterocycles. The van der Waals surface area contributed by atoms with Gasteiger partial charge in [-0.2, -0.15) is 12.7 Å². The van der Waals surface area contributed by atoms with E-state index in [1.54, 1.807) is 24.3 Å². The summed E-state index contributed by atoms with van der Waals surface area (Å²) in [7, 11) is -1.62. The van der Waals surface area contributed by atoms with Crippen molar-refractivity contribution in [3.8, 4) is 0 Å². The summed E-state index contributed by atoms with van der Waals surface area (Å²) in [6.45, 7) is 1.95. The van der Waals surface area contributed by atoms with Crippen molar-refractivity contribution in [1.29, 1.82) is 0 Å². The fraction of sp³-hybridized carbons (Fsp3) is 0.538. The molecule has 20 heavy (non-hydrogen) atoms. The molecule has 7 heteroatoms.